The summed E-state index contributed by atoms with van der Waals surface area (Å²) in [4.78, 5) is 0. The molecule has 1 aromatic heterocycles. The molecule has 0 radical (unpaired) electrons. The Bertz CT molecular complexity index is 349. The predicted octanol–water partition coefficient (Wildman–Crippen LogP) is 2.98. The van der Waals surface area contributed by atoms with E-state index in [4.69, 9.17) is 4.74 Å². The van der Waals surface area contributed by atoms with Crippen LogP contribution in [0.3, 0.4) is 0 Å². The van der Waals surface area contributed by atoms with Gasteiger partial charge in [-0.25, -0.2) is 0 Å². The number of rotatable bonds is 4. The molecule has 16 heavy (non-hydrogen) atoms. The summed E-state index contributed by atoms with van der Waals surface area (Å²) >= 11 is 1.95. The van der Waals surface area contributed by atoms with E-state index >= 15 is 0 Å². The van der Waals surface area contributed by atoms with Gasteiger partial charge in [0.25, 0.3) is 0 Å². The van der Waals surface area contributed by atoms with E-state index < -0.39 is 12.7 Å². The smallest absolute Gasteiger partial charge is 0.372 e. The molecule has 1 heterocycles. The van der Waals surface area contributed by atoms with Gasteiger partial charge in [-0.15, -0.1) is 0 Å². The average molecular weight is 348 g/mol. The van der Waals surface area contributed by atoms with Crippen molar-refractivity contribution < 1.29 is 17.9 Å². The molecule has 0 amide bonds. The quantitative estimate of drug-likeness (QED) is 0.783. The maximum absolute atomic E-state index is 12.2. The van der Waals surface area contributed by atoms with Gasteiger partial charge in [0.1, 0.15) is 6.54 Å². The van der Waals surface area contributed by atoms with Crippen molar-refractivity contribution in [3.05, 3.63) is 15.5 Å². The normalized spacial score (nSPS) is 12.4. The van der Waals surface area contributed by atoms with Gasteiger partial charge in [-0.05, 0) is 36.4 Å². The van der Waals surface area contributed by atoms with Gasteiger partial charge in [0.15, 0.2) is 0 Å². The molecule has 0 aromatic carbocycles. The Morgan fingerprint density at radius 1 is 1.50 bits per heavy atom. The molecule has 0 fully saturated rings. The molecular weight excluding hydrogens is 336 g/mol. The van der Waals surface area contributed by atoms with E-state index in [1.807, 2.05) is 36.4 Å². The second-order valence-electron chi connectivity index (χ2n) is 3.57. The summed E-state index contributed by atoms with van der Waals surface area (Å²) < 4.78 is 43.6. The largest absolute Gasteiger partial charge is 0.408 e. The predicted molar refractivity (Wildman–Crippen MR) is 60.9 cm³/mol. The highest BCUT2D eigenvalue weighted by Gasteiger charge is 2.30. The van der Waals surface area contributed by atoms with Crippen LogP contribution in [0.25, 0.3) is 0 Å². The van der Waals surface area contributed by atoms with E-state index in [2.05, 4.69) is 5.10 Å². The molecule has 0 unspecified atom stereocenters. The van der Waals surface area contributed by atoms with Crippen LogP contribution in [0.15, 0.2) is 6.20 Å². The molecule has 7 heteroatoms. The minimum absolute atomic E-state index is 0.0231. The fourth-order valence-corrected chi connectivity index (χ4v) is 1.64. The van der Waals surface area contributed by atoms with Crippen LogP contribution in [0.2, 0.25) is 0 Å². The zero-order valence-corrected chi connectivity index (χ0v) is 11.0. The van der Waals surface area contributed by atoms with Crippen molar-refractivity contribution in [2.24, 2.45) is 0 Å². The van der Waals surface area contributed by atoms with Crippen LogP contribution in [0.4, 0.5) is 13.2 Å². The number of halogens is 4. The third-order valence-electron chi connectivity index (χ3n) is 1.78. The first-order chi connectivity index (χ1) is 7.29. The van der Waals surface area contributed by atoms with Gasteiger partial charge in [0, 0.05) is 0 Å². The Morgan fingerprint density at radius 2 is 2.12 bits per heavy atom. The monoisotopic (exact) mass is 348 g/mol. The van der Waals surface area contributed by atoms with E-state index in [0.717, 1.165) is 4.68 Å². The van der Waals surface area contributed by atoms with Gasteiger partial charge >= 0.3 is 6.18 Å². The fraction of sp³-hybridized carbons (Fsp3) is 0.667. The first kappa shape index (κ1) is 13.8. The van der Waals surface area contributed by atoms with Crippen LogP contribution in [-0.4, -0.2) is 22.1 Å². The van der Waals surface area contributed by atoms with Crippen molar-refractivity contribution in [2.45, 2.75) is 39.3 Å². The van der Waals surface area contributed by atoms with Gasteiger partial charge in [0.2, 0.25) is 0 Å². The Balaban J connectivity index is 2.77. The Hall–Kier alpha value is -0.310. The molecule has 0 aliphatic rings. The highest BCUT2D eigenvalue weighted by molar-refractivity contribution is 14.1. The van der Waals surface area contributed by atoms with E-state index in [1.165, 1.54) is 6.20 Å². The molecule has 92 valence electrons. The fourth-order valence-electron chi connectivity index (χ4n) is 1.08. The van der Waals surface area contributed by atoms with Crippen LogP contribution in [0.5, 0.6) is 0 Å². The molecule has 0 spiro atoms. The van der Waals surface area contributed by atoms with Crippen molar-refractivity contribution in [3.63, 3.8) is 0 Å². The summed E-state index contributed by atoms with van der Waals surface area (Å²) in [6, 6.07) is 0. The zero-order valence-electron chi connectivity index (χ0n) is 8.88. The van der Waals surface area contributed by atoms with Crippen molar-refractivity contribution in [3.8, 4) is 0 Å². The van der Waals surface area contributed by atoms with Crippen molar-refractivity contribution in [2.75, 3.05) is 0 Å². The topological polar surface area (TPSA) is 27.1 Å². The lowest BCUT2D eigenvalue weighted by molar-refractivity contribution is -0.143. The third-order valence-corrected chi connectivity index (χ3v) is 2.68. The SMILES string of the molecule is CC(C)OCc1c(I)cnn1CC(F)(F)F. The third kappa shape index (κ3) is 4.28. The lowest BCUT2D eigenvalue weighted by atomic mass is 10.4. The molecule has 0 aliphatic carbocycles. The molecule has 0 N–H and O–H groups in total. The standard InChI is InChI=1S/C9H12F3IN2O/c1-6(2)16-4-8-7(13)3-14-15(8)5-9(10,11)12/h3,6H,4-5H2,1-2H3. The molecule has 0 atom stereocenters. The molecule has 1 rings (SSSR count). The van der Waals surface area contributed by atoms with E-state index in [1.54, 1.807) is 0 Å². The highest BCUT2D eigenvalue weighted by Crippen LogP contribution is 2.21. The molecular formula is C9H12F3IN2O. The maximum atomic E-state index is 12.2. The number of nitrogens with zero attached hydrogens (tertiary/aromatic N) is 2. The first-order valence-electron chi connectivity index (χ1n) is 4.68. The Labute approximate surface area is 105 Å². The van der Waals surface area contributed by atoms with Gasteiger partial charge in [0.05, 0.1) is 28.2 Å². The number of hydrogen-bond donors (Lipinski definition) is 0. The molecule has 3 nitrogen and oxygen atoms in total. The minimum atomic E-state index is -4.26. The first-order valence-corrected chi connectivity index (χ1v) is 5.76. The number of ether oxygens (including phenoxy) is 1. The summed E-state index contributed by atoms with van der Waals surface area (Å²) in [5.41, 5.74) is 0.464. The second-order valence-corrected chi connectivity index (χ2v) is 4.73. The van der Waals surface area contributed by atoms with Crippen molar-refractivity contribution >= 4 is 22.6 Å². The molecule has 0 bridgehead atoms. The van der Waals surface area contributed by atoms with Gasteiger partial charge in [-0.1, -0.05) is 0 Å². The van der Waals surface area contributed by atoms with Crippen LogP contribution < -0.4 is 0 Å². The summed E-state index contributed by atoms with van der Waals surface area (Å²) in [6.45, 7) is 2.73. The van der Waals surface area contributed by atoms with Crippen molar-refractivity contribution in [1.82, 2.24) is 9.78 Å². The van der Waals surface area contributed by atoms with Gasteiger partial charge < -0.3 is 4.74 Å². The lowest BCUT2D eigenvalue weighted by Crippen LogP contribution is -2.21. The summed E-state index contributed by atoms with van der Waals surface area (Å²) in [5, 5.41) is 3.69. The van der Waals surface area contributed by atoms with E-state index in [-0.39, 0.29) is 12.7 Å². The summed E-state index contributed by atoms with van der Waals surface area (Å²) in [5.74, 6) is 0. The average Bonchev–Trinajstić information content (AvgIpc) is 2.41. The zero-order chi connectivity index (χ0) is 12.3. The highest BCUT2D eigenvalue weighted by atomic mass is 127. The van der Waals surface area contributed by atoms with Crippen molar-refractivity contribution in [1.29, 1.82) is 0 Å². The molecule has 0 saturated heterocycles. The Morgan fingerprint density at radius 3 is 2.62 bits per heavy atom. The number of alkyl halides is 3. The van der Waals surface area contributed by atoms with Gasteiger partial charge in [-0.3, -0.25) is 4.68 Å². The number of hydrogen-bond acceptors (Lipinski definition) is 2. The molecule has 0 saturated carbocycles. The molecule has 0 aliphatic heterocycles. The lowest BCUT2D eigenvalue weighted by Gasteiger charge is -2.12. The Kier molecular flexibility index (Phi) is 4.60. The van der Waals surface area contributed by atoms with E-state index in [9.17, 15) is 13.2 Å². The maximum Gasteiger partial charge on any atom is 0.408 e. The second kappa shape index (κ2) is 5.35. The minimum Gasteiger partial charge on any atom is -0.372 e. The molecule has 1 aromatic rings. The van der Waals surface area contributed by atoms with Crippen LogP contribution in [0.1, 0.15) is 19.5 Å². The van der Waals surface area contributed by atoms with E-state index in [0.29, 0.717) is 9.26 Å². The number of aromatic nitrogens is 2. The van der Waals surface area contributed by atoms with Crippen LogP contribution >= 0.6 is 22.6 Å². The van der Waals surface area contributed by atoms with Crippen LogP contribution in [0, 0.1) is 3.57 Å². The van der Waals surface area contributed by atoms with Crippen LogP contribution in [-0.2, 0) is 17.9 Å². The summed E-state index contributed by atoms with van der Waals surface area (Å²) in [7, 11) is 0. The summed E-state index contributed by atoms with van der Waals surface area (Å²) in [6.07, 6.45) is -2.88. The van der Waals surface area contributed by atoms with Gasteiger partial charge in [-0.2, -0.15) is 18.3 Å².